The quantitative estimate of drug-likeness (QED) is 0.295. The summed E-state index contributed by atoms with van der Waals surface area (Å²) >= 11 is 0. The Morgan fingerprint density at radius 2 is 1.80 bits per heavy atom. The Morgan fingerprint density at radius 1 is 1.00 bits per heavy atom. The van der Waals surface area contributed by atoms with Crippen LogP contribution in [0.3, 0.4) is 0 Å². The van der Waals surface area contributed by atoms with Gasteiger partial charge in [0.1, 0.15) is 23.1 Å². The van der Waals surface area contributed by atoms with E-state index in [0.717, 1.165) is 46.8 Å². The highest BCUT2D eigenvalue weighted by molar-refractivity contribution is 5.93. The first-order valence-electron chi connectivity index (χ1n) is 13.8. The number of rotatable bonds is 9. The number of carbonyl (C=O) groups is 1. The molecular weight excluding hydrogens is 520 g/mol. The van der Waals surface area contributed by atoms with Gasteiger partial charge >= 0.3 is 0 Å². The molecule has 0 bridgehead atoms. The minimum Gasteiger partial charge on any atom is -0.494 e. The summed E-state index contributed by atoms with van der Waals surface area (Å²) in [4.78, 5) is 28.8. The molecule has 1 fully saturated rings. The van der Waals surface area contributed by atoms with Crippen LogP contribution in [0.5, 0.6) is 11.5 Å². The second-order valence-electron chi connectivity index (χ2n) is 10.8. The minimum atomic E-state index is -0.328. The van der Waals surface area contributed by atoms with Crippen LogP contribution in [0.15, 0.2) is 60.8 Å². The highest BCUT2D eigenvalue weighted by Crippen LogP contribution is 2.31. The van der Waals surface area contributed by atoms with E-state index in [0.29, 0.717) is 37.2 Å². The molecule has 0 atom stereocenters. The van der Waals surface area contributed by atoms with Crippen molar-refractivity contribution in [1.82, 2.24) is 20.3 Å². The third-order valence-corrected chi connectivity index (χ3v) is 6.30. The van der Waals surface area contributed by atoms with E-state index in [9.17, 15) is 4.79 Å². The first-order valence-corrected chi connectivity index (χ1v) is 13.8. The second kappa shape index (κ2) is 12.4. The van der Waals surface area contributed by atoms with Gasteiger partial charge < -0.3 is 29.7 Å². The van der Waals surface area contributed by atoms with Crippen LogP contribution in [-0.4, -0.2) is 65.9 Å². The van der Waals surface area contributed by atoms with Crippen LogP contribution in [0.25, 0.3) is 22.3 Å². The molecule has 1 amide bonds. The Hall–Kier alpha value is -4.44. The summed E-state index contributed by atoms with van der Waals surface area (Å²) in [5.41, 5.74) is 2.00. The first kappa shape index (κ1) is 28.1. The maximum Gasteiger partial charge on any atom is 0.258 e. The van der Waals surface area contributed by atoms with E-state index in [-0.39, 0.29) is 18.1 Å². The fraction of sp³-hybridized carbons (Fsp3) is 0.355. The first-order chi connectivity index (χ1) is 19.8. The molecule has 41 heavy (non-hydrogen) atoms. The number of aromatic nitrogens is 3. The zero-order chi connectivity index (χ0) is 28.8. The van der Waals surface area contributed by atoms with Crippen LogP contribution < -0.4 is 25.0 Å². The number of anilines is 3. The molecule has 10 nitrogen and oxygen atoms in total. The van der Waals surface area contributed by atoms with Crippen LogP contribution in [0, 0.1) is 0 Å². The molecule has 0 spiro atoms. The van der Waals surface area contributed by atoms with Crippen LogP contribution in [0.2, 0.25) is 0 Å². The van der Waals surface area contributed by atoms with Gasteiger partial charge in [-0.05, 0) is 70.2 Å². The summed E-state index contributed by atoms with van der Waals surface area (Å²) in [6.45, 7) is 11.3. The molecule has 10 heteroatoms. The molecule has 1 saturated heterocycles. The van der Waals surface area contributed by atoms with Gasteiger partial charge in [0, 0.05) is 29.6 Å². The Bertz CT molecular complexity index is 1500. The number of nitrogens with one attached hydrogen (secondary N) is 2. The molecule has 4 aromatic rings. The number of hydrogen-bond donors (Lipinski definition) is 2. The van der Waals surface area contributed by atoms with Crippen LogP contribution in [0.1, 0.15) is 27.7 Å². The second-order valence-corrected chi connectivity index (χ2v) is 10.8. The molecule has 2 aromatic carbocycles. The predicted octanol–water partition coefficient (Wildman–Crippen LogP) is 4.96. The van der Waals surface area contributed by atoms with Gasteiger partial charge in [0.05, 0.1) is 37.2 Å². The summed E-state index contributed by atoms with van der Waals surface area (Å²) in [5.74, 6) is 3.17. The number of hydrogen-bond acceptors (Lipinski definition) is 9. The largest absolute Gasteiger partial charge is 0.494 e. The van der Waals surface area contributed by atoms with Crippen molar-refractivity contribution in [3.63, 3.8) is 0 Å². The molecular formula is C31H36N6O4. The summed E-state index contributed by atoms with van der Waals surface area (Å²) in [6, 6.07) is 17.2. The van der Waals surface area contributed by atoms with Crippen LogP contribution in [-0.2, 0) is 9.53 Å². The molecule has 2 N–H and O–H groups in total. The Labute approximate surface area is 240 Å². The van der Waals surface area contributed by atoms with E-state index < -0.39 is 0 Å². The Balaban J connectivity index is 1.43. The number of pyridine rings is 1. The third kappa shape index (κ3) is 7.40. The zero-order valence-corrected chi connectivity index (χ0v) is 23.9. The van der Waals surface area contributed by atoms with Crippen molar-refractivity contribution in [3.8, 4) is 22.9 Å². The van der Waals surface area contributed by atoms with Gasteiger partial charge in [-0.3, -0.25) is 4.79 Å². The lowest BCUT2D eigenvalue weighted by Gasteiger charge is -2.27. The monoisotopic (exact) mass is 556 g/mol. The summed E-state index contributed by atoms with van der Waals surface area (Å²) in [5, 5.41) is 7.16. The van der Waals surface area contributed by atoms with Gasteiger partial charge in [-0.25, -0.2) is 15.0 Å². The summed E-state index contributed by atoms with van der Waals surface area (Å²) in [6.07, 6.45) is 1.81. The number of carbonyl (C=O) groups excluding carboxylic acids is 1. The molecule has 2 aromatic heterocycles. The molecule has 1 aliphatic heterocycles. The molecule has 214 valence electrons. The number of nitrogens with zero attached hydrogens (tertiary/aromatic N) is 4. The molecule has 0 unspecified atom stereocenters. The maximum absolute atomic E-state index is 12.2. The van der Waals surface area contributed by atoms with Gasteiger partial charge in [0.25, 0.3) is 5.91 Å². The number of ether oxygens (including phenoxy) is 3. The van der Waals surface area contributed by atoms with E-state index >= 15 is 0 Å². The van der Waals surface area contributed by atoms with E-state index in [1.165, 1.54) is 0 Å². The van der Waals surface area contributed by atoms with Crippen molar-refractivity contribution in [2.24, 2.45) is 0 Å². The number of fused-ring (bicyclic) bond motifs is 1. The zero-order valence-electron chi connectivity index (χ0n) is 23.9. The molecule has 1 aliphatic rings. The average molecular weight is 557 g/mol. The van der Waals surface area contributed by atoms with Crippen molar-refractivity contribution in [1.29, 1.82) is 0 Å². The molecule has 0 radical (unpaired) electrons. The lowest BCUT2D eigenvalue weighted by molar-refractivity contribution is -0.124. The third-order valence-electron chi connectivity index (χ3n) is 6.30. The van der Waals surface area contributed by atoms with Gasteiger partial charge in [0.2, 0.25) is 0 Å². The standard InChI is InChI=1S/C31H36N6O4/c1-5-40-24-10-11-26-25(18-24)30(33-22-9-12-27(32-19-22)37-13-15-39-16-14-37)35-29(34-26)21-7-6-8-23(17-21)41-20-28(38)36-31(2,3)4/h6-12,17-19H,5,13-16,20H2,1-4H3,(H,36,38)(H,33,34,35). The summed E-state index contributed by atoms with van der Waals surface area (Å²) in [7, 11) is 0. The lowest BCUT2D eigenvalue weighted by atomic mass is 10.1. The fourth-order valence-corrected chi connectivity index (χ4v) is 4.49. The van der Waals surface area contributed by atoms with Crippen LogP contribution >= 0.6 is 0 Å². The van der Waals surface area contributed by atoms with Crippen molar-refractivity contribution >= 4 is 34.1 Å². The summed E-state index contributed by atoms with van der Waals surface area (Å²) < 4.78 is 17.0. The average Bonchev–Trinajstić information content (AvgIpc) is 2.96. The Kier molecular flexibility index (Phi) is 8.49. The predicted molar refractivity (Wildman–Crippen MR) is 160 cm³/mol. The topological polar surface area (TPSA) is 111 Å². The smallest absolute Gasteiger partial charge is 0.258 e. The highest BCUT2D eigenvalue weighted by atomic mass is 16.5. The van der Waals surface area contributed by atoms with Crippen molar-refractivity contribution in [3.05, 3.63) is 60.8 Å². The fourth-order valence-electron chi connectivity index (χ4n) is 4.49. The number of benzene rings is 2. The minimum absolute atomic E-state index is 0.0836. The van der Waals surface area contributed by atoms with Gasteiger partial charge in [-0.1, -0.05) is 12.1 Å². The molecule has 3 heterocycles. The van der Waals surface area contributed by atoms with E-state index in [2.05, 4.69) is 20.5 Å². The molecule has 5 rings (SSSR count). The highest BCUT2D eigenvalue weighted by Gasteiger charge is 2.16. The molecule has 0 aliphatic carbocycles. The normalized spacial score (nSPS) is 13.6. The van der Waals surface area contributed by atoms with Crippen molar-refractivity contribution < 1.29 is 19.0 Å². The van der Waals surface area contributed by atoms with Crippen LogP contribution in [0.4, 0.5) is 17.3 Å². The van der Waals surface area contributed by atoms with E-state index in [1.807, 2.05) is 88.5 Å². The van der Waals surface area contributed by atoms with Crippen molar-refractivity contribution in [2.45, 2.75) is 33.2 Å². The lowest BCUT2D eigenvalue weighted by Crippen LogP contribution is -2.43. The van der Waals surface area contributed by atoms with E-state index in [4.69, 9.17) is 24.2 Å². The van der Waals surface area contributed by atoms with Gasteiger partial charge in [0.15, 0.2) is 12.4 Å². The number of amides is 1. The van der Waals surface area contributed by atoms with E-state index in [1.54, 1.807) is 0 Å². The van der Waals surface area contributed by atoms with Gasteiger partial charge in [-0.2, -0.15) is 0 Å². The SMILES string of the molecule is CCOc1ccc2nc(-c3cccc(OCC(=O)NC(C)(C)C)c3)nc(Nc3ccc(N4CCOCC4)nc3)c2c1. The number of morpholine rings is 1. The van der Waals surface area contributed by atoms with Gasteiger partial charge in [-0.15, -0.1) is 0 Å². The Morgan fingerprint density at radius 3 is 2.54 bits per heavy atom. The molecule has 0 saturated carbocycles. The maximum atomic E-state index is 12.2. The van der Waals surface area contributed by atoms with Crippen molar-refractivity contribution in [2.75, 3.05) is 49.7 Å².